The minimum atomic E-state index is -1.16. The number of hydrogen-bond acceptors (Lipinski definition) is 5. The number of hydrogen-bond donors (Lipinski definition) is 2. The molecule has 0 unspecified atom stereocenters. The molecule has 7 heteroatoms. The van der Waals surface area contributed by atoms with Crippen LogP contribution in [0.1, 0.15) is 10.4 Å². The van der Waals surface area contributed by atoms with Crippen LogP contribution < -0.4 is 19.5 Å². The SMILES string of the molecule is O=C(COc1ccccc1)Nc1cc(OCCOc2ccccc2)ccc1C(=O)O. The molecule has 3 rings (SSSR count). The van der Waals surface area contributed by atoms with Crippen LogP contribution in [-0.4, -0.2) is 36.8 Å². The molecule has 0 saturated carbocycles. The van der Waals surface area contributed by atoms with E-state index in [1.165, 1.54) is 18.2 Å². The summed E-state index contributed by atoms with van der Waals surface area (Å²) in [6, 6.07) is 22.6. The Morgan fingerprint density at radius 3 is 1.90 bits per heavy atom. The first kappa shape index (κ1) is 20.7. The third-order valence-corrected chi connectivity index (χ3v) is 3.97. The zero-order chi connectivity index (χ0) is 21.2. The van der Waals surface area contributed by atoms with Crippen molar-refractivity contribution in [3.05, 3.63) is 84.4 Å². The van der Waals surface area contributed by atoms with Gasteiger partial charge < -0.3 is 24.6 Å². The largest absolute Gasteiger partial charge is 0.490 e. The van der Waals surface area contributed by atoms with Crippen LogP contribution in [0.25, 0.3) is 0 Å². The number of carboxylic acids is 1. The molecule has 0 radical (unpaired) electrons. The summed E-state index contributed by atoms with van der Waals surface area (Å²) in [5, 5.41) is 11.9. The topological polar surface area (TPSA) is 94.1 Å². The molecule has 1 amide bonds. The molecule has 7 nitrogen and oxygen atoms in total. The molecule has 0 heterocycles. The van der Waals surface area contributed by atoms with Crippen LogP contribution in [0, 0.1) is 0 Å². The smallest absolute Gasteiger partial charge is 0.337 e. The van der Waals surface area contributed by atoms with Gasteiger partial charge in [0.05, 0.1) is 11.3 Å². The maximum atomic E-state index is 12.2. The van der Waals surface area contributed by atoms with Crippen molar-refractivity contribution in [2.24, 2.45) is 0 Å². The highest BCUT2D eigenvalue weighted by molar-refractivity contribution is 6.01. The molecule has 3 aromatic carbocycles. The zero-order valence-corrected chi connectivity index (χ0v) is 16.1. The maximum Gasteiger partial charge on any atom is 0.337 e. The van der Waals surface area contributed by atoms with E-state index in [0.717, 1.165) is 5.75 Å². The van der Waals surface area contributed by atoms with Crippen molar-refractivity contribution < 1.29 is 28.9 Å². The normalized spacial score (nSPS) is 10.1. The number of ether oxygens (including phenoxy) is 3. The fourth-order valence-corrected chi connectivity index (χ4v) is 2.59. The first-order valence-corrected chi connectivity index (χ1v) is 9.27. The summed E-state index contributed by atoms with van der Waals surface area (Å²) >= 11 is 0. The average Bonchev–Trinajstić information content (AvgIpc) is 2.77. The van der Waals surface area contributed by atoms with Crippen LogP contribution in [0.2, 0.25) is 0 Å². The second-order valence-electron chi connectivity index (χ2n) is 6.17. The van der Waals surface area contributed by atoms with Gasteiger partial charge in [0.15, 0.2) is 6.61 Å². The second kappa shape index (κ2) is 10.5. The third-order valence-electron chi connectivity index (χ3n) is 3.97. The number of carboxylic acid groups (broad SMARTS) is 1. The molecule has 30 heavy (non-hydrogen) atoms. The summed E-state index contributed by atoms with van der Waals surface area (Å²) in [4.78, 5) is 23.7. The predicted molar refractivity (Wildman–Crippen MR) is 111 cm³/mol. The van der Waals surface area contributed by atoms with Gasteiger partial charge in [-0.3, -0.25) is 4.79 Å². The van der Waals surface area contributed by atoms with Crippen LogP contribution in [0.3, 0.4) is 0 Å². The monoisotopic (exact) mass is 407 g/mol. The van der Waals surface area contributed by atoms with Gasteiger partial charge in [0.25, 0.3) is 5.91 Å². The Morgan fingerprint density at radius 2 is 1.30 bits per heavy atom. The molecule has 2 N–H and O–H groups in total. The van der Waals surface area contributed by atoms with Gasteiger partial charge in [-0.25, -0.2) is 4.79 Å². The van der Waals surface area contributed by atoms with Gasteiger partial charge in [-0.15, -0.1) is 0 Å². The fraction of sp³-hybridized carbons (Fsp3) is 0.130. The van der Waals surface area contributed by atoms with Crippen LogP contribution >= 0.6 is 0 Å². The van der Waals surface area contributed by atoms with Crippen LogP contribution in [0.15, 0.2) is 78.9 Å². The van der Waals surface area contributed by atoms with E-state index in [-0.39, 0.29) is 24.5 Å². The van der Waals surface area contributed by atoms with E-state index in [4.69, 9.17) is 14.2 Å². The van der Waals surface area contributed by atoms with E-state index in [9.17, 15) is 14.7 Å². The van der Waals surface area contributed by atoms with Crippen LogP contribution in [0.5, 0.6) is 17.2 Å². The quantitative estimate of drug-likeness (QED) is 0.496. The number of anilines is 1. The Morgan fingerprint density at radius 1 is 0.733 bits per heavy atom. The summed E-state index contributed by atoms with van der Waals surface area (Å²) in [6.07, 6.45) is 0. The lowest BCUT2D eigenvalue weighted by Crippen LogP contribution is -2.21. The zero-order valence-electron chi connectivity index (χ0n) is 16.1. The van der Waals surface area contributed by atoms with Crippen molar-refractivity contribution in [1.82, 2.24) is 0 Å². The third kappa shape index (κ3) is 6.27. The number of carbonyl (C=O) groups is 2. The van der Waals surface area contributed by atoms with E-state index >= 15 is 0 Å². The number of carbonyl (C=O) groups excluding carboxylic acids is 1. The molecular formula is C23H21NO6. The Bertz CT molecular complexity index is 975. The second-order valence-corrected chi connectivity index (χ2v) is 6.17. The van der Waals surface area contributed by atoms with Crippen molar-refractivity contribution in [3.63, 3.8) is 0 Å². The first-order chi connectivity index (χ1) is 14.6. The molecule has 0 atom stereocenters. The summed E-state index contributed by atoms with van der Waals surface area (Å²) in [6.45, 7) is 0.322. The van der Waals surface area contributed by atoms with E-state index in [1.54, 1.807) is 24.3 Å². The number of nitrogens with one attached hydrogen (secondary N) is 1. The van der Waals surface area contributed by atoms with E-state index in [1.807, 2.05) is 36.4 Å². The Labute approximate surface area is 173 Å². The summed E-state index contributed by atoms with van der Waals surface area (Å²) in [5.41, 5.74) is 0.0848. The lowest BCUT2D eigenvalue weighted by molar-refractivity contribution is -0.118. The highest BCUT2D eigenvalue weighted by atomic mass is 16.5. The van der Waals surface area contributed by atoms with Gasteiger partial charge in [-0.05, 0) is 36.4 Å². The number of para-hydroxylation sites is 2. The molecule has 0 bridgehead atoms. The molecule has 0 fully saturated rings. The van der Waals surface area contributed by atoms with Crippen molar-refractivity contribution in [2.75, 3.05) is 25.1 Å². The molecule has 3 aromatic rings. The van der Waals surface area contributed by atoms with E-state index in [2.05, 4.69) is 5.32 Å². The first-order valence-electron chi connectivity index (χ1n) is 9.27. The summed E-state index contributed by atoms with van der Waals surface area (Å²) in [5.74, 6) is 0.0467. The number of rotatable bonds is 10. The lowest BCUT2D eigenvalue weighted by Gasteiger charge is -2.13. The fourth-order valence-electron chi connectivity index (χ4n) is 2.59. The molecule has 0 saturated heterocycles. The number of aromatic carboxylic acids is 1. The molecular weight excluding hydrogens is 386 g/mol. The average molecular weight is 407 g/mol. The van der Waals surface area contributed by atoms with Gasteiger partial charge in [0, 0.05) is 6.07 Å². The molecule has 154 valence electrons. The molecule has 0 aliphatic carbocycles. The van der Waals surface area contributed by atoms with Crippen molar-refractivity contribution in [3.8, 4) is 17.2 Å². The van der Waals surface area contributed by atoms with Gasteiger partial charge >= 0.3 is 5.97 Å². The van der Waals surface area contributed by atoms with E-state index in [0.29, 0.717) is 18.1 Å². The van der Waals surface area contributed by atoms with Crippen molar-refractivity contribution >= 4 is 17.6 Å². The number of amides is 1. The molecule has 0 aliphatic heterocycles. The Kier molecular flexibility index (Phi) is 7.27. The number of benzene rings is 3. The van der Waals surface area contributed by atoms with Crippen molar-refractivity contribution in [2.45, 2.75) is 0 Å². The van der Waals surface area contributed by atoms with Gasteiger partial charge in [-0.2, -0.15) is 0 Å². The standard InChI is InChI=1S/C23H21NO6/c25-22(16-30-18-9-5-2-6-10-18)24-21-15-19(11-12-20(21)23(26)27)29-14-13-28-17-7-3-1-4-8-17/h1-12,15H,13-14,16H2,(H,24,25)(H,26,27). The molecule has 0 spiro atoms. The summed E-state index contributed by atoms with van der Waals surface area (Å²) in [7, 11) is 0. The van der Waals surface area contributed by atoms with Gasteiger partial charge in [0.1, 0.15) is 30.5 Å². The lowest BCUT2D eigenvalue weighted by atomic mass is 10.1. The molecule has 0 aliphatic rings. The molecule has 0 aromatic heterocycles. The highest BCUT2D eigenvalue weighted by Crippen LogP contribution is 2.23. The van der Waals surface area contributed by atoms with Crippen LogP contribution in [-0.2, 0) is 4.79 Å². The minimum Gasteiger partial charge on any atom is -0.490 e. The van der Waals surface area contributed by atoms with Gasteiger partial charge in [-0.1, -0.05) is 36.4 Å². The minimum absolute atomic E-state index is 0.0454. The highest BCUT2D eigenvalue weighted by Gasteiger charge is 2.14. The van der Waals surface area contributed by atoms with Gasteiger partial charge in [0.2, 0.25) is 0 Å². The summed E-state index contributed by atoms with van der Waals surface area (Å²) < 4.78 is 16.6. The van der Waals surface area contributed by atoms with E-state index < -0.39 is 11.9 Å². The Balaban J connectivity index is 1.56. The Hall–Kier alpha value is -4.00. The van der Waals surface area contributed by atoms with Crippen LogP contribution in [0.4, 0.5) is 5.69 Å². The predicted octanol–water partition coefficient (Wildman–Crippen LogP) is 3.86. The maximum absolute atomic E-state index is 12.2. The van der Waals surface area contributed by atoms with Crippen molar-refractivity contribution in [1.29, 1.82) is 0 Å².